The number of hydrogen-bond acceptors (Lipinski definition) is 6. The highest BCUT2D eigenvalue weighted by molar-refractivity contribution is 4.58. The third-order valence-corrected chi connectivity index (χ3v) is 7.08. The summed E-state index contributed by atoms with van der Waals surface area (Å²) >= 11 is 0. The van der Waals surface area contributed by atoms with Crippen LogP contribution in [0.4, 0.5) is 0 Å². The summed E-state index contributed by atoms with van der Waals surface area (Å²) in [6.45, 7) is 0. The molecule has 0 N–H and O–H groups in total. The van der Waals surface area contributed by atoms with E-state index in [1.54, 1.807) is 42.7 Å². The van der Waals surface area contributed by atoms with E-state index in [0.29, 0.717) is 0 Å². The summed E-state index contributed by atoms with van der Waals surface area (Å²) in [7, 11) is 9.81. The van der Waals surface area contributed by atoms with E-state index in [0.717, 1.165) is 25.7 Å². The second-order valence-electron chi connectivity index (χ2n) is 9.45. The first-order chi connectivity index (χ1) is 16.6. The first-order valence-corrected chi connectivity index (χ1v) is 13.9. The van der Waals surface area contributed by atoms with Gasteiger partial charge in [-0.2, -0.15) is 0 Å². The summed E-state index contributed by atoms with van der Waals surface area (Å²) in [6, 6.07) is 0. The van der Waals surface area contributed by atoms with E-state index in [1.165, 1.54) is 103 Å². The van der Waals surface area contributed by atoms with E-state index in [1.807, 2.05) is 0 Å². The van der Waals surface area contributed by atoms with Gasteiger partial charge in [0.1, 0.15) is 0 Å². The fourth-order valence-electron chi connectivity index (χ4n) is 4.62. The molecule has 0 aromatic carbocycles. The van der Waals surface area contributed by atoms with Crippen LogP contribution in [0, 0.1) is 0 Å². The van der Waals surface area contributed by atoms with Crippen LogP contribution in [-0.2, 0) is 28.4 Å². The van der Waals surface area contributed by atoms with Crippen LogP contribution in [0.1, 0.15) is 128 Å². The maximum absolute atomic E-state index is 5.34. The molecule has 6 nitrogen and oxygen atoms in total. The molecule has 206 valence electrons. The third kappa shape index (κ3) is 16.4. The molecule has 0 unspecified atom stereocenters. The monoisotopic (exact) mass is 490 g/mol. The van der Waals surface area contributed by atoms with Gasteiger partial charge < -0.3 is 28.4 Å². The Balaban J connectivity index is 3.30. The van der Waals surface area contributed by atoms with E-state index < -0.39 is 11.9 Å². The van der Waals surface area contributed by atoms with Crippen LogP contribution >= 0.6 is 0 Å². The van der Waals surface area contributed by atoms with Crippen molar-refractivity contribution in [3.8, 4) is 0 Å². The van der Waals surface area contributed by atoms with Crippen molar-refractivity contribution in [3.63, 3.8) is 0 Å². The molecule has 0 heterocycles. The zero-order chi connectivity index (χ0) is 25.4. The molecule has 0 aliphatic heterocycles. The molecule has 0 saturated heterocycles. The molecular formula is C28H58O6. The summed E-state index contributed by atoms with van der Waals surface area (Å²) in [6.07, 6.45) is 25.4. The Morgan fingerprint density at radius 1 is 0.265 bits per heavy atom. The molecule has 0 rings (SSSR count). The van der Waals surface area contributed by atoms with Crippen LogP contribution in [-0.4, -0.2) is 54.6 Å². The number of ether oxygens (including phenoxy) is 6. The van der Waals surface area contributed by atoms with Gasteiger partial charge in [-0.25, -0.2) is 0 Å². The normalized spacial score (nSPS) is 12.5. The Labute approximate surface area is 211 Å². The SMILES string of the molecule is COC(CCCCCCCCCCCCCCCCCCCCC(OC)(OC)OC)(OC)OC. The number of rotatable bonds is 27. The molecule has 0 amide bonds. The number of unbranched alkanes of at least 4 members (excludes halogenated alkanes) is 17. The van der Waals surface area contributed by atoms with Gasteiger partial charge >= 0.3 is 0 Å². The Morgan fingerprint density at radius 2 is 0.412 bits per heavy atom. The summed E-state index contributed by atoms with van der Waals surface area (Å²) in [5.41, 5.74) is 0. The van der Waals surface area contributed by atoms with Crippen molar-refractivity contribution in [1.82, 2.24) is 0 Å². The molecule has 34 heavy (non-hydrogen) atoms. The topological polar surface area (TPSA) is 55.4 Å². The third-order valence-electron chi connectivity index (χ3n) is 7.08. The van der Waals surface area contributed by atoms with Crippen molar-refractivity contribution in [2.24, 2.45) is 0 Å². The summed E-state index contributed by atoms with van der Waals surface area (Å²) in [5.74, 6) is -1.71. The standard InChI is InChI=1S/C28H58O6/c1-29-27(30-2,31-3)25-23-21-19-17-15-13-11-9-7-8-10-12-14-16-18-20-22-24-26-28(32-4,33-5)34-6/h7-26H2,1-6H3. The molecule has 0 bridgehead atoms. The van der Waals surface area contributed by atoms with Gasteiger partial charge in [0, 0.05) is 55.5 Å². The average Bonchev–Trinajstić information content (AvgIpc) is 2.88. The van der Waals surface area contributed by atoms with Gasteiger partial charge in [-0.3, -0.25) is 0 Å². The molecule has 0 fully saturated rings. The number of methoxy groups -OCH3 is 6. The Kier molecular flexibility index (Phi) is 23.0. The van der Waals surface area contributed by atoms with Crippen LogP contribution < -0.4 is 0 Å². The van der Waals surface area contributed by atoms with Crippen molar-refractivity contribution in [2.75, 3.05) is 42.7 Å². The molecule has 0 saturated carbocycles. The molecular weight excluding hydrogens is 432 g/mol. The zero-order valence-corrected chi connectivity index (χ0v) is 23.6. The van der Waals surface area contributed by atoms with E-state index in [-0.39, 0.29) is 0 Å². The van der Waals surface area contributed by atoms with Gasteiger partial charge in [0.25, 0.3) is 11.9 Å². The predicted molar refractivity (Wildman–Crippen MR) is 140 cm³/mol. The van der Waals surface area contributed by atoms with Crippen molar-refractivity contribution in [1.29, 1.82) is 0 Å². The fraction of sp³-hybridized carbons (Fsp3) is 1.00. The van der Waals surface area contributed by atoms with Gasteiger partial charge in [-0.05, 0) is 12.8 Å². The average molecular weight is 491 g/mol. The highest BCUT2D eigenvalue weighted by atomic mass is 16.9. The van der Waals surface area contributed by atoms with Crippen molar-refractivity contribution >= 4 is 0 Å². The first kappa shape index (κ1) is 33.8. The van der Waals surface area contributed by atoms with Crippen LogP contribution in [0.5, 0.6) is 0 Å². The first-order valence-electron chi connectivity index (χ1n) is 13.9. The minimum Gasteiger partial charge on any atom is -0.331 e. The highest BCUT2D eigenvalue weighted by Crippen LogP contribution is 2.23. The van der Waals surface area contributed by atoms with Gasteiger partial charge in [-0.15, -0.1) is 0 Å². The largest absolute Gasteiger partial charge is 0.331 e. The van der Waals surface area contributed by atoms with E-state index in [4.69, 9.17) is 28.4 Å². The summed E-state index contributed by atoms with van der Waals surface area (Å²) in [5, 5.41) is 0. The van der Waals surface area contributed by atoms with Crippen LogP contribution in [0.25, 0.3) is 0 Å². The molecule has 0 radical (unpaired) electrons. The highest BCUT2D eigenvalue weighted by Gasteiger charge is 2.29. The van der Waals surface area contributed by atoms with Gasteiger partial charge in [0.15, 0.2) is 0 Å². The van der Waals surface area contributed by atoms with Gasteiger partial charge in [0.05, 0.1) is 0 Å². The second kappa shape index (κ2) is 23.2. The molecule has 0 atom stereocenters. The molecule has 0 spiro atoms. The molecule has 0 aliphatic rings. The summed E-state index contributed by atoms with van der Waals surface area (Å²) < 4.78 is 32.0. The maximum atomic E-state index is 5.34. The molecule has 0 aromatic rings. The molecule has 6 heteroatoms. The van der Waals surface area contributed by atoms with Crippen LogP contribution in [0.3, 0.4) is 0 Å². The van der Waals surface area contributed by atoms with Crippen molar-refractivity contribution in [2.45, 2.75) is 140 Å². The molecule has 0 aliphatic carbocycles. The van der Waals surface area contributed by atoms with Crippen LogP contribution in [0.15, 0.2) is 0 Å². The maximum Gasteiger partial charge on any atom is 0.282 e. The van der Waals surface area contributed by atoms with E-state index >= 15 is 0 Å². The Bertz CT molecular complexity index is 355. The van der Waals surface area contributed by atoms with Gasteiger partial charge in [-0.1, -0.05) is 103 Å². The quantitative estimate of drug-likeness (QED) is 0.0859. The lowest BCUT2D eigenvalue weighted by atomic mass is 10.0. The second-order valence-corrected chi connectivity index (χ2v) is 9.45. The number of hydrogen-bond donors (Lipinski definition) is 0. The fourth-order valence-corrected chi connectivity index (χ4v) is 4.62. The van der Waals surface area contributed by atoms with Gasteiger partial charge in [0.2, 0.25) is 0 Å². The summed E-state index contributed by atoms with van der Waals surface area (Å²) in [4.78, 5) is 0. The predicted octanol–water partition coefficient (Wildman–Crippen LogP) is 7.97. The lowest BCUT2D eigenvalue weighted by molar-refractivity contribution is -0.355. The van der Waals surface area contributed by atoms with Crippen LogP contribution in [0.2, 0.25) is 0 Å². The van der Waals surface area contributed by atoms with Crippen molar-refractivity contribution in [3.05, 3.63) is 0 Å². The lowest BCUT2D eigenvalue weighted by Gasteiger charge is -2.28. The minimum atomic E-state index is -0.854. The minimum absolute atomic E-state index is 0.787. The van der Waals surface area contributed by atoms with E-state index in [2.05, 4.69) is 0 Å². The smallest absolute Gasteiger partial charge is 0.282 e. The Morgan fingerprint density at radius 3 is 0.559 bits per heavy atom. The van der Waals surface area contributed by atoms with E-state index in [9.17, 15) is 0 Å². The Hall–Kier alpha value is -0.240. The molecule has 0 aromatic heterocycles. The zero-order valence-electron chi connectivity index (χ0n) is 23.6. The van der Waals surface area contributed by atoms with Crippen molar-refractivity contribution < 1.29 is 28.4 Å². The lowest BCUT2D eigenvalue weighted by Crippen LogP contribution is -2.35.